The quantitative estimate of drug-likeness (QED) is 0.842. The van der Waals surface area contributed by atoms with Crippen molar-refractivity contribution in [3.05, 3.63) is 29.3 Å². The third-order valence-electron chi connectivity index (χ3n) is 4.21. The molecule has 1 aliphatic heterocycles. The summed E-state index contributed by atoms with van der Waals surface area (Å²) in [5, 5.41) is 9.25. The molecule has 0 saturated carbocycles. The summed E-state index contributed by atoms with van der Waals surface area (Å²) in [4.78, 5) is 11.4. The molecule has 3 atom stereocenters. The molecule has 0 aromatic heterocycles. The minimum atomic E-state index is -4.76. The lowest BCUT2D eigenvalue weighted by Crippen LogP contribution is -2.53. The number of methoxy groups -OCH3 is 1. The van der Waals surface area contributed by atoms with Crippen LogP contribution in [0.4, 0.5) is 22.0 Å². The Morgan fingerprint density at radius 3 is 2.50 bits per heavy atom. The highest BCUT2D eigenvalue weighted by molar-refractivity contribution is 5.74. The molecular formula is C15H15F5O4. The van der Waals surface area contributed by atoms with E-state index in [1.807, 2.05) is 0 Å². The number of hydrogen-bond donors (Lipinski definition) is 1. The van der Waals surface area contributed by atoms with E-state index in [0.29, 0.717) is 0 Å². The Balaban J connectivity index is 2.46. The Labute approximate surface area is 134 Å². The van der Waals surface area contributed by atoms with Gasteiger partial charge in [0.05, 0.1) is 7.11 Å². The third kappa shape index (κ3) is 3.04. The van der Waals surface area contributed by atoms with Gasteiger partial charge in [0.1, 0.15) is 0 Å². The molecule has 4 nitrogen and oxygen atoms in total. The predicted octanol–water partition coefficient (Wildman–Crippen LogP) is 3.64. The van der Waals surface area contributed by atoms with Crippen molar-refractivity contribution in [3.63, 3.8) is 0 Å². The molecular weight excluding hydrogens is 339 g/mol. The van der Waals surface area contributed by atoms with E-state index in [4.69, 9.17) is 9.47 Å². The van der Waals surface area contributed by atoms with Crippen molar-refractivity contribution in [1.29, 1.82) is 0 Å². The average molecular weight is 354 g/mol. The molecule has 24 heavy (non-hydrogen) atoms. The first-order valence-corrected chi connectivity index (χ1v) is 7.01. The molecule has 1 saturated heterocycles. The zero-order valence-corrected chi connectivity index (χ0v) is 12.8. The Morgan fingerprint density at radius 2 is 2.00 bits per heavy atom. The van der Waals surface area contributed by atoms with Crippen molar-refractivity contribution >= 4 is 5.97 Å². The van der Waals surface area contributed by atoms with Gasteiger partial charge in [-0.05, 0) is 25.8 Å². The van der Waals surface area contributed by atoms with E-state index in [9.17, 15) is 31.9 Å². The summed E-state index contributed by atoms with van der Waals surface area (Å²) >= 11 is 0. The van der Waals surface area contributed by atoms with E-state index < -0.39 is 53.6 Å². The van der Waals surface area contributed by atoms with Crippen LogP contribution in [0.2, 0.25) is 0 Å². The van der Waals surface area contributed by atoms with Gasteiger partial charge in [0.25, 0.3) is 0 Å². The second-order valence-electron chi connectivity index (χ2n) is 5.73. The lowest BCUT2D eigenvalue weighted by Gasteiger charge is -2.42. The summed E-state index contributed by atoms with van der Waals surface area (Å²) in [5.74, 6) is -5.81. The van der Waals surface area contributed by atoms with Crippen LogP contribution in [0.25, 0.3) is 0 Å². The fourth-order valence-electron chi connectivity index (χ4n) is 2.80. The van der Waals surface area contributed by atoms with Gasteiger partial charge in [-0.25, -0.2) is 9.18 Å². The normalized spacial score (nSPS) is 27.8. The first kappa shape index (κ1) is 18.4. The fourth-order valence-corrected chi connectivity index (χ4v) is 2.80. The standard InChI is InChI=1S/C15H15F5O4/c1-14(15(18,19)20)6-5-8(12(24-14)13(21)22)7-3-4-9(16)10(17)11(7)23-2/h3-4,8,12H,5-6H2,1-2H3,(H,21,22)/t8-,12+,14+/m0/s1. The monoisotopic (exact) mass is 354 g/mol. The topological polar surface area (TPSA) is 55.8 Å². The van der Waals surface area contributed by atoms with Crippen LogP contribution in [-0.4, -0.2) is 36.1 Å². The van der Waals surface area contributed by atoms with Crippen LogP contribution < -0.4 is 4.74 Å². The zero-order valence-electron chi connectivity index (χ0n) is 12.8. The maximum atomic E-state index is 13.8. The summed E-state index contributed by atoms with van der Waals surface area (Å²) in [5.41, 5.74) is -2.67. The molecule has 2 rings (SSSR count). The second kappa shape index (κ2) is 6.19. The molecule has 1 N–H and O–H groups in total. The summed E-state index contributed by atoms with van der Waals surface area (Å²) in [6.07, 6.45) is -7.39. The van der Waals surface area contributed by atoms with E-state index in [0.717, 1.165) is 26.2 Å². The minimum absolute atomic E-state index is 0.0481. The molecule has 0 bridgehead atoms. The summed E-state index contributed by atoms with van der Waals surface area (Å²) in [6, 6.07) is 1.86. The van der Waals surface area contributed by atoms with Crippen molar-refractivity contribution in [1.82, 2.24) is 0 Å². The van der Waals surface area contributed by atoms with E-state index in [1.165, 1.54) is 0 Å². The molecule has 134 valence electrons. The number of benzene rings is 1. The smallest absolute Gasteiger partial charge is 0.417 e. The van der Waals surface area contributed by atoms with Gasteiger partial charge in [0, 0.05) is 11.5 Å². The van der Waals surface area contributed by atoms with Crippen LogP contribution in [0.5, 0.6) is 5.75 Å². The number of halogens is 5. The number of hydrogen-bond acceptors (Lipinski definition) is 3. The van der Waals surface area contributed by atoms with Crippen LogP contribution >= 0.6 is 0 Å². The summed E-state index contributed by atoms with van der Waals surface area (Å²) in [7, 11) is 1.06. The molecule has 9 heteroatoms. The molecule has 1 fully saturated rings. The van der Waals surface area contributed by atoms with Gasteiger partial charge < -0.3 is 14.6 Å². The van der Waals surface area contributed by atoms with Gasteiger partial charge in [-0.1, -0.05) is 6.07 Å². The number of alkyl halides is 3. The summed E-state index contributed by atoms with van der Waals surface area (Å²) < 4.78 is 76.0. The van der Waals surface area contributed by atoms with E-state index in [-0.39, 0.29) is 12.0 Å². The average Bonchev–Trinajstić information content (AvgIpc) is 2.49. The van der Waals surface area contributed by atoms with Crippen molar-refractivity contribution in [3.8, 4) is 5.75 Å². The highest BCUT2D eigenvalue weighted by atomic mass is 19.4. The molecule has 0 radical (unpaired) electrons. The number of carbonyl (C=O) groups is 1. The maximum Gasteiger partial charge on any atom is 0.417 e. The molecule has 1 aromatic rings. The Morgan fingerprint density at radius 1 is 1.38 bits per heavy atom. The van der Waals surface area contributed by atoms with E-state index in [2.05, 4.69) is 0 Å². The first-order chi connectivity index (χ1) is 11.0. The summed E-state index contributed by atoms with van der Waals surface area (Å²) in [6.45, 7) is 0.766. The molecule has 0 aliphatic carbocycles. The molecule has 1 heterocycles. The lowest BCUT2D eigenvalue weighted by molar-refractivity contribution is -0.298. The van der Waals surface area contributed by atoms with Crippen molar-refractivity contribution < 1.29 is 41.3 Å². The van der Waals surface area contributed by atoms with Crippen molar-refractivity contribution in [2.45, 2.75) is 43.6 Å². The van der Waals surface area contributed by atoms with Gasteiger partial charge in [-0.3, -0.25) is 0 Å². The largest absolute Gasteiger partial charge is 0.493 e. The number of carboxylic acid groups (broad SMARTS) is 1. The fraction of sp³-hybridized carbons (Fsp3) is 0.533. The third-order valence-corrected chi connectivity index (χ3v) is 4.21. The molecule has 0 spiro atoms. The number of ether oxygens (including phenoxy) is 2. The highest BCUT2D eigenvalue weighted by Gasteiger charge is 2.58. The second-order valence-corrected chi connectivity index (χ2v) is 5.73. The van der Waals surface area contributed by atoms with Gasteiger partial charge in [0.15, 0.2) is 23.3 Å². The number of rotatable bonds is 3. The lowest BCUT2D eigenvalue weighted by atomic mass is 9.81. The Kier molecular flexibility index (Phi) is 4.76. The SMILES string of the molecule is COc1c([C@@H]2CC[C@](C)(C(F)(F)F)O[C@H]2C(=O)O)ccc(F)c1F. The molecule has 0 unspecified atom stereocenters. The first-order valence-electron chi connectivity index (χ1n) is 7.01. The minimum Gasteiger partial charge on any atom is -0.493 e. The van der Waals surface area contributed by atoms with Crippen LogP contribution in [-0.2, 0) is 9.53 Å². The van der Waals surface area contributed by atoms with Gasteiger partial charge >= 0.3 is 12.1 Å². The van der Waals surface area contributed by atoms with Crippen molar-refractivity contribution in [2.24, 2.45) is 0 Å². The van der Waals surface area contributed by atoms with Gasteiger partial charge in [0.2, 0.25) is 5.82 Å². The van der Waals surface area contributed by atoms with Crippen LogP contribution in [0.3, 0.4) is 0 Å². The Bertz CT molecular complexity index is 645. The number of carboxylic acids is 1. The maximum absolute atomic E-state index is 13.8. The van der Waals surface area contributed by atoms with Crippen LogP contribution in [0.1, 0.15) is 31.2 Å². The molecule has 0 amide bonds. The molecule has 1 aromatic carbocycles. The zero-order chi connectivity index (χ0) is 18.3. The van der Waals surface area contributed by atoms with E-state index in [1.54, 1.807) is 0 Å². The molecule has 1 aliphatic rings. The van der Waals surface area contributed by atoms with Gasteiger partial charge in [-0.15, -0.1) is 0 Å². The Hall–Kier alpha value is -1.90. The van der Waals surface area contributed by atoms with Gasteiger partial charge in [-0.2, -0.15) is 17.6 Å². The predicted molar refractivity (Wildman–Crippen MR) is 71.9 cm³/mol. The van der Waals surface area contributed by atoms with Crippen molar-refractivity contribution in [2.75, 3.05) is 7.11 Å². The van der Waals surface area contributed by atoms with E-state index >= 15 is 0 Å². The van der Waals surface area contributed by atoms with Crippen LogP contribution in [0, 0.1) is 11.6 Å². The highest BCUT2D eigenvalue weighted by Crippen LogP contribution is 2.48. The van der Waals surface area contributed by atoms with Crippen LogP contribution in [0.15, 0.2) is 12.1 Å². The number of aliphatic carboxylic acids is 1.